The predicted molar refractivity (Wildman–Crippen MR) is 116 cm³/mol. The Hall–Kier alpha value is -4.89. The first-order valence-corrected chi connectivity index (χ1v) is 9.58. The summed E-state index contributed by atoms with van der Waals surface area (Å²) in [5.74, 6) is -3.00. The third kappa shape index (κ3) is 3.91. The molecule has 1 heterocycles. The van der Waals surface area contributed by atoms with E-state index in [-0.39, 0.29) is 39.5 Å². The number of rotatable bonds is 5. The van der Waals surface area contributed by atoms with Crippen molar-refractivity contribution in [1.29, 1.82) is 10.5 Å². The van der Waals surface area contributed by atoms with Crippen molar-refractivity contribution in [1.82, 2.24) is 0 Å². The standard InChI is InChI=1S/C24H18N4O5/c1-32-23(30)20-19(15-6-4-3-5-7-15)17(12-26)22(27)28(21(20)24(31)33-2)18-9-8-14(13-29)10-16(18)11-25/h3-10,13,19H,27H2,1-2H3. The number of ether oxygens (including phenoxy) is 2. The zero-order valence-corrected chi connectivity index (χ0v) is 17.7. The minimum Gasteiger partial charge on any atom is -0.466 e. The van der Waals surface area contributed by atoms with Crippen LogP contribution in [-0.2, 0) is 19.1 Å². The Balaban J connectivity index is 2.46. The molecule has 0 radical (unpaired) electrons. The summed E-state index contributed by atoms with van der Waals surface area (Å²) in [6.07, 6.45) is 0.559. The van der Waals surface area contributed by atoms with Gasteiger partial charge in [-0.05, 0) is 23.8 Å². The van der Waals surface area contributed by atoms with Gasteiger partial charge < -0.3 is 15.2 Å². The number of allylic oxidation sites excluding steroid dienone is 1. The Labute approximate surface area is 189 Å². The summed E-state index contributed by atoms with van der Waals surface area (Å²) >= 11 is 0. The van der Waals surface area contributed by atoms with Crippen molar-refractivity contribution in [2.45, 2.75) is 5.92 Å². The highest BCUT2D eigenvalue weighted by Crippen LogP contribution is 2.43. The van der Waals surface area contributed by atoms with E-state index < -0.39 is 17.9 Å². The number of esters is 2. The summed E-state index contributed by atoms with van der Waals surface area (Å²) in [7, 11) is 2.27. The molecule has 0 aromatic heterocycles. The molecule has 2 N–H and O–H groups in total. The van der Waals surface area contributed by atoms with Crippen LogP contribution in [0.5, 0.6) is 0 Å². The van der Waals surface area contributed by atoms with Gasteiger partial charge in [-0.3, -0.25) is 9.69 Å². The van der Waals surface area contributed by atoms with Gasteiger partial charge in [0.25, 0.3) is 0 Å². The molecule has 0 saturated carbocycles. The molecule has 1 atom stereocenters. The number of aldehydes is 1. The first kappa shape index (κ1) is 22.8. The summed E-state index contributed by atoms with van der Waals surface area (Å²) in [6.45, 7) is 0. The average Bonchev–Trinajstić information content (AvgIpc) is 2.87. The highest BCUT2D eigenvalue weighted by atomic mass is 16.5. The summed E-state index contributed by atoms with van der Waals surface area (Å²) in [5, 5.41) is 19.7. The number of anilines is 1. The number of nitrogens with zero attached hydrogens (tertiary/aromatic N) is 3. The zero-order valence-electron chi connectivity index (χ0n) is 17.7. The Morgan fingerprint density at radius 3 is 2.24 bits per heavy atom. The van der Waals surface area contributed by atoms with Crippen molar-refractivity contribution in [2.24, 2.45) is 5.73 Å². The zero-order chi connectivity index (χ0) is 24.1. The topological polar surface area (TPSA) is 147 Å². The maximum absolute atomic E-state index is 13.0. The van der Waals surface area contributed by atoms with Crippen LogP contribution in [0.1, 0.15) is 27.4 Å². The van der Waals surface area contributed by atoms with Crippen LogP contribution in [-0.4, -0.2) is 32.4 Å². The number of nitrogens with two attached hydrogens (primary N) is 1. The molecule has 2 aromatic rings. The second-order valence-electron chi connectivity index (χ2n) is 6.84. The predicted octanol–water partition coefficient (Wildman–Crippen LogP) is 2.27. The molecule has 0 aliphatic carbocycles. The largest absolute Gasteiger partial charge is 0.466 e. The van der Waals surface area contributed by atoms with Crippen LogP contribution in [0.25, 0.3) is 0 Å². The fourth-order valence-electron chi connectivity index (χ4n) is 3.68. The number of hydrogen-bond acceptors (Lipinski definition) is 9. The number of hydrogen-bond donors (Lipinski definition) is 1. The van der Waals surface area contributed by atoms with Crippen molar-refractivity contribution in [3.63, 3.8) is 0 Å². The maximum atomic E-state index is 13.0. The monoisotopic (exact) mass is 442 g/mol. The number of carbonyl (C=O) groups is 3. The minimum atomic E-state index is -1.02. The third-order valence-corrected chi connectivity index (χ3v) is 5.13. The van der Waals surface area contributed by atoms with Crippen molar-refractivity contribution in [3.8, 4) is 12.1 Å². The van der Waals surface area contributed by atoms with Crippen LogP contribution in [0, 0.1) is 22.7 Å². The SMILES string of the molecule is COC(=O)C1=C(C(=O)OC)N(c2ccc(C=O)cc2C#N)C(N)=C(C#N)C1c1ccccc1. The molecule has 0 bridgehead atoms. The molecule has 2 aromatic carbocycles. The lowest BCUT2D eigenvalue weighted by Gasteiger charge is -2.36. The van der Waals surface area contributed by atoms with Crippen molar-refractivity contribution < 1.29 is 23.9 Å². The third-order valence-electron chi connectivity index (χ3n) is 5.13. The normalized spacial score (nSPS) is 15.4. The molecule has 1 aliphatic rings. The van der Waals surface area contributed by atoms with Gasteiger partial charge in [0, 0.05) is 5.56 Å². The van der Waals surface area contributed by atoms with Crippen LogP contribution >= 0.6 is 0 Å². The van der Waals surface area contributed by atoms with Crippen molar-refractivity contribution in [3.05, 3.63) is 87.9 Å². The summed E-state index contributed by atoms with van der Waals surface area (Å²) < 4.78 is 9.90. The summed E-state index contributed by atoms with van der Waals surface area (Å²) in [5.41, 5.74) is 6.69. The minimum absolute atomic E-state index is 0.0105. The molecule has 0 saturated heterocycles. The van der Waals surface area contributed by atoms with Crippen molar-refractivity contribution in [2.75, 3.05) is 19.1 Å². The van der Waals surface area contributed by atoms with Gasteiger partial charge in [0.05, 0.1) is 48.6 Å². The second kappa shape index (κ2) is 9.50. The van der Waals surface area contributed by atoms with E-state index in [1.165, 1.54) is 18.2 Å². The van der Waals surface area contributed by atoms with Gasteiger partial charge in [-0.15, -0.1) is 0 Å². The molecule has 9 heteroatoms. The number of benzene rings is 2. The fourth-order valence-corrected chi connectivity index (χ4v) is 3.68. The highest BCUT2D eigenvalue weighted by molar-refractivity contribution is 6.06. The Kier molecular flexibility index (Phi) is 6.56. The molecule has 0 fully saturated rings. The molecule has 0 amide bonds. The van der Waals surface area contributed by atoms with Crippen LogP contribution < -0.4 is 10.6 Å². The molecule has 33 heavy (non-hydrogen) atoms. The van der Waals surface area contributed by atoms with Crippen LogP contribution in [0.4, 0.5) is 5.69 Å². The molecule has 1 unspecified atom stereocenters. The first-order valence-electron chi connectivity index (χ1n) is 9.58. The van der Waals surface area contributed by atoms with Gasteiger partial charge in [0.2, 0.25) is 0 Å². The quantitative estimate of drug-likeness (QED) is 0.544. The molecule has 0 spiro atoms. The van der Waals surface area contributed by atoms with Crippen LogP contribution in [0.2, 0.25) is 0 Å². The van der Waals surface area contributed by atoms with Crippen molar-refractivity contribution >= 4 is 23.9 Å². The Morgan fingerprint density at radius 1 is 1.03 bits per heavy atom. The van der Waals surface area contributed by atoms with E-state index in [1.54, 1.807) is 30.3 Å². The maximum Gasteiger partial charge on any atom is 0.355 e. The average molecular weight is 442 g/mol. The van der Waals surface area contributed by atoms with Gasteiger partial charge in [0.15, 0.2) is 0 Å². The van der Waals surface area contributed by atoms with Gasteiger partial charge in [-0.2, -0.15) is 10.5 Å². The molecular weight excluding hydrogens is 424 g/mol. The first-order chi connectivity index (χ1) is 15.9. The summed E-state index contributed by atoms with van der Waals surface area (Å²) in [4.78, 5) is 38.3. The van der Waals surface area contributed by atoms with Gasteiger partial charge >= 0.3 is 11.9 Å². The van der Waals surface area contributed by atoms with E-state index in [9.17, 15) is 24.9 Å². The van der Waals surface area contributed by atoms with Gasteiger partial charge in [-0.25, -0.2) is 9.59 Å². The molecule has 9 nitrogen and oxygen atoms in total. The summed E-state index contributed by atoms with van der Waals surface area (Å²) in [6, 6.07) is 16.6. The number of nitriles is 2. The van der Waals surface area contributed by atoms with Gasteiger partial charge in [-0.1, -0.05) is 30.3 Å². The molecule has 1 aliphatic heterocycles. The van der Waals surface area contributed by atoms with Crippen LogP contribution in [0.3, 0.4) is 0 Å². The molecule has 3 rings (SSSR count). The van der Waals surface area contributed by atoms with E-state index in [0.717, 1.165) is 19.1 Å². The van der Waals surface area contributed by atoms with E-state index in [2.05, 4.69) is 0 Å². The Morgan fingerprint density at radius 2 is 1.70 bits per heavy atom. The number of carbonyl (C=O) groups excluding carboxylic acids is 3. The highest BCUT2D eigenvalue weighted by Gasteiger charge is 2.43. The lowest BCUT2D eigenvalue weighted by Crippen LogP contribution is -2.41. The van der Waals surface area contributed by atoms with Crippen LogP contribution in [0.15, 0.2) is 71.2 Å². The number of methoxy groups -OCH3 is 2. The molecular formula is C24H18N4O5. The van der Waals surface area contributed by atoms with E-state index in [4.69, 9.17) is 15.2 Å². The Bertz CT molecular complexity index is 1280. The lowest BCUT2D eigenvalue weighted by molar-refractivity contribution is -0.139. The smallest absolute Gasteiger partial charge is 0.355 e. The second-order valence-corrected chi connectivity index (χ2v) is 6.84. The fraction of sp³-hybridized carbons (Fsp3) is 0.125. The lowest BCUT2D eigenvalue weighted by atomic mass is 9.80. The van der Waals surface area contributed by atoms with E-state index >= 15 is 0 Å². The van der Waals surface area contributed by atoms with Gasteiger partial charge in [0.1, 0.15) is 23.9 Å². The van der Waals surface area contributed by atoms with E-state index in [0.29, 0.717) is 11.8 Å². The molecule has 164 valence electrons. The van der Waals surface area contributed by atoms with E-state index in [1.807, 2.05) is 12.1 Å².